The fourth-order valence-corrected chi connectivity index (χ4v) is 8.59. The topological polar surface area (TPSA) is 517 Å². The molecule has 0 aliphatic heterocycles. The maximum Gasteiger partial charge on any atom is 0.246 e. The normalized spacial score (nSPS) is 11.3. The lowest BCUT2D eigenvalue weighted by atomic mass is 10.2. The monoisotopic (exact) mass is 1760 g/mol. The first-order valence-electron chi connectivity index (χ1n) is 40.9. The highest BCUT2D eigenvalue weighted by Gasteiger charge is 2.17. The molecule has 0 aromatic rings. The Kier molecular flexibility index (Phi) is 95.7. The Morgan fingerprint density at radius 3 is 0.711 bits per heavy atom. The van der Waals surface area contributed by atoms with E-state index in [2.05, 4.69) is 52.1 Å². The number of nitrogens with two attached hydrogens (primary N) is 1. The SMILES string of the molecule is COCC(=O)NCCC(=O)NCCCCON.COCCOCCOCC(=O)NCCOCCOCC(COCCOCCNC(=O)COCCOCCOC)OCC(=O)NCCOCCOCC(C)COCCOCCNC(=O)COC(COCCOCCNC(=O)COCCOCCOC)COCCOCCNC(=O)COCCOCCOC. The van der Waals surface area contributed by atoms with Crippen molar-refractivity contribution in [2.75, 3.05) is 405 Å². The summed E-state index contributed by atoms with van der Waals surface area (Å²) >= 11 is 0. The Morgan fingerprint density at radius 2 is 0.438 bits per heavy atom. The van der Waals surface area contributed by atoms with Crippen LogP contribution in [0.4, 0.5) is 0 Å². The van der Waals surface area contributed by atoms with Gasteiger partial charge in [0.2, 0.25) is 47.3 Å². The zero-order chi connectivity index (χ0) is 88.5. The standard InChI is InChI=1S/C66H128N6O32.C10H21N3O4/c1-58(46-93-36-26-83-16-10-71-65(77)56-103-59(48-95-38-28-85-12-6-67-61(73)52-99-42-32-89-22-18-79-2)49-96-39-29-86-13-7-68-62(74)53-100-43-33-90-23-19-80-3)47-94-37-27-84-17-11-72-66(78)57-104-60(50-97-40-30-87-14-8-69-63(75)54-101-44-34-91-24-20-81-4)51-98-41-31-88-15-9-70-64(76)55-102-45-35-92-25-21-82-5;1-16-8-10(15)13-6-4-9(14)12-5-2-3-7-17-11/h58-60H,6-57H2,1-5H3,(H,67,73)(H,68,74)(H,69,75)(H,70,76)(H,71,77)(H,72,78);2-8,11H2,1H3,(H,12,14)(H,13,15). The van der Waals surface area contributed by atoms with E-state index in [-0.39, 0.29) is 264 Å². The molecule has 0 rings (SSSR count). The summed E-state index contributed by atoms with van der Waals surface area (Å²) < 4.78 is 146. The number of hydrogen-bond donors (Lipinski definition) is 9. The molecule has 8 amide bonds. The molecule has 0 bridgehead atoms. The van der Waals surface area contributed by atoms with Crippen molar-refractivity contribution in [2.45, 2.75) is 38.4 Å². The van der Waals surface area contributed by atoms with E-state index < -0.39 is 12.2 Å². The highest BCUT2D eigenvalue weighted by Crippen LogP contribution is 2.02. The largest absolute Gasteiger partial charge is 0.382 e. The van der Waals surface area contributed by atoms with Crippen LogP contribution in [0.1, 0.15) is 26.2 Å². The van der Waals surface area contributed by atoms with Gasteiger partial charge >= 0.3 is 0 Å². The van der Waals surface area contributed by atoms with Crippen LogP contribution in [0.25, 0.3) is 0 Å². The third-order valence-corrected chi connectivity index (χ3v) is 14.7. The fraction of sp³-hybridized carbons (Fsp3) is 0.895. The van der Waals surface area contributed by atoms with Gasteiger partial charge in [-0.2, -0.15) is 0 Å². The second kappa shape index (κ2) is 98.4. The summed E-state index contributed by atoms with van der Waals surface area (Å²) in [6.45, 7) is 16.6. The van der Waals surface area contributed by atoms with E-state index >= 15 is 0 Å². The van der Waals surface area contributed by atoms with Crippen molar-refractivity contribution in [3.8, 4) is 0 Å². The average molecular weight is 1770 g/mol. The number of carbonyl (C=O) groups is 8. The second-order valence-electron chi connectivity index (χ2n) is 25.3. The van der Waals surface area contributed by atoms with E-state index in [1.54, 1.807) is 28.4 Å². The van der Waals surface area contributed by atoms with Crippen molar-refractivity contribution in [3.63, 3.8) is 0 Å². The molecule has 0 saturated carbocycles. The average Bonchev–Trinajstić information content (AvgIpc) is 0.975. The molecule has 0 saturated heterocycles. The molecule has 10 N–H and O–H groups in total. The second-order valence-corrected chi connectivity index (χ2v) is 25.3. The molecule has 0 aromatic carbocycles. The minimum Gasteiger partial charge on any atom is -0.382 e. The van der Waals surface area contributed by atoms with Gasteiger partial charge in [-0.3, -0.25) is 38.4 Å². The van der Waals surface area contributed by atoms with Crippen LogP contribution >= 0.6 is 0 Å². The molecule has 0 aromatic heterocycles. The summed E-state index contributed by atoms with van der Waals surface area (Å²) in [5.74, 6) is 2.84. The first-order chi connectivity index (χ1) is 59.2. The van der Waals surface area contributed by atoms with E-state index in [4.69, 9.17) is 129 Å². The molecule has 0 fully saturated rings. The van der Waals surface area contributed by atoms with Crippen molar-refractivity contribution in [3.05, 3.63) is 0 Å². The van der Waals surface area contributed by atoms with Gasteiger partial charge in [0.15, 0.2) is 0 Å². The molecule has 0 spiro atoms. The van der Waals surface area contributed by atoms with Crippen LogP contribution in [0.3, 0.4) is 0 Å². The van der Waals surface area contributed by atoms with Gasteiger partial charge in [-0.15, -0.1) is 0 Å². The summed E-state index contributed by atoms with van der Waals surface area (Å²) in [6, 6.07) is 0. The fourth-order valence-electron chi connectivity index (χ4n) is 8.59. The maximum atomic E-state index is 12.7. The zero-order valence-electron chi connectivity index (χ0n) is 72.7. The molecule has 121 heavy (non-hydrogen) atoms. The Hall–Kier alpha value is -5.40. The molecule has 0 aliphatic rings. The van der Waals surface area contributed by atoms with E-state index in [0.717, 1.165) is 12.8 Å². The molecule has 0 radical (unpaired) electrons. The maximum absolute atomic E-state index is 12.7. The predicted molar refractivity (Wildman–Crippen MR) is 432 cm³/mol. The Labute approximate surface area is 713 Å². The quantitative estimate of drug-likeness (QED) is 0.0203. The number of nitrogens with one attached hydrogen (secondary N) is 8. The van der Waals surface area contributed by atoms with Crippen molar-refractivity contribution >= 4 is 47.3 Å². The number of hydrogen-bond acceptors (Lipinski definition) is 37. The molecule has 45 nitrogen and oxygen atoms in total. The number of methoxy groups -OCH3 is 5. The first-order valence-corrected chi connectivity index (χ1v) is 40.9. The van der Waals surface area contributed by atoms with Crippen LogP contribution in [0.15, 0.2) is 0 Å². The van der Waals surface area contributed by atoms with Gasteiger partial charge in [0, 0.05) is 100 Å². The summed E-state index contributed by atoms with van der Waals surface area (Å²) in [5.41, 5.74) is 0. The number of carbonyl (C=O) groups excluding carboxylic acids is 8. The minimum absolute atomic E-state index is 0.0146. The molecular formula is C76H149N9O36. The van der Waals surface area contributed by atoms with E-state index in [1.165, 1.54) is 7.11 Å². The lowest BCUT2D eigenvalue weighted by Gasteiger charge is -2.18. The molecule has 0 unspecified atom stereocenters. The number of unbranched alkanes of at least 4 members (excludes halogenated alkanes) is 1. The smallest absolute Gasteiger partial charge is 0.246 e. The summed E-state index contributed by atoms with van der Waals surface area (Å²) in [4.78, 5) is 99.9. The molecular weight excluding hydrogens is 1610 g/mol. The van der Waals surface area contributed by atoms with Crippen molar-refractivity contribution < 1.29 is 171 Å². The highest BCUT2D eigenvalue weighted by molar-refractivity contribution is 5.80. The molecule has 714 valence electrons. The Morgan fingerprint density at radius 1 is 0.215 bits per heavy atom. The van der Waals surface area contributed by atoms with Gasteiger partial charge < -0.3 is 175 Å². The van der Waals surface area contributed by atoms with Crippen molar-refractivity contribution in [2.24, 2.45) is 11.8 Å². The molecule has 0 aliphatic carbocycles. The number of ether oxygens (including phenoxy) is 27. The van der Waals surface area contributed by atoms with Crippen molar-refractivity contribution in [1.29, 1.82) is 0 Å². The van der Waals surface area contributed by atoms with Gasteiger partial charge in [-0.05, 0) is 12.8 Å². The summed E-state index contributed by atoms with van der Waals surface area (Å²) in [5, 5.41) is 21.7. The lowest BCUT2D eigenvalue weighted by Crippen LogP contribution is -2.35. The van der Waals surface area contributed by atoms with Gasteiger partial charge in [0.25, 0.3) is 0 Å². The zero-order valence-corrected chi connectivity index (χ0v) is 72.7. The molecule has 0 heterocycles. The first kappa shape index (κ1) is 118. The van der Waals surface area contributed by atoms with Crippen LogP contribution in [-0.2, 0) is 171 Å². The highest BCUT2D eigenvalue weighted by atomic mass is 16.6. The number of rotatable bonds is 96. The van der Waals surface area contributed by atoms with Crippen molar-refractivity contribution in [1.82, 2.24) is 42.5 Å². The third-order valence-electron chi connectivity index (χ3n) is 14.7. The third kappa shape index (κ3) is 96.7. The van der Waals surface area contributed by atoms with Crippen LogP contribution in [0.2, 0.25) is 0 Å². The number of amides is 8. The Bertz CT molecular complexity index is 2100. The Balaban J connectivity index is 0. The van der Waals surface area contributed by atoms with Crippen LogP contribution in [-0.4, -0.2) is 465 Å². The van der Waals surface area contributed by atoms with E-state index in [9.17, 15) is 38.4 Å². The van der Waals surface area contributed by atoms with E-state index in [0.29, 0.717) is 165 Å². The van der Waals surface area contributed by atoms with E-state index in [1.807, 2.05) is 6.92 Å². The predicted octanol–water partition coefficient (Wildman–Crippen LogP) is -5.07. The summed E-state index contributed by atoms with van der Waals surface area (Å²) in [7, 11) is 7.79. The van der Waals surface area contributed by atoms with Crippen LogP contribution in [0.5, 0.6) is 0 Å². The van der Waals surface area contributed by atoms with Gasteiger partial charge in [-0.25, -0.2) is 5.90 Å². The minimum atomic E-state index is -0.598. The van der Waals surface area contributed by atoms with Gasteiger partial charge in [0.1, 0.15) is 58.5 Å². The van der Waals surface area contributed by atoms with Crippen LogP contribution < -0.4 is 48.4 Å². The van der Waals surface area contributed by atoms with Gasteiger partial charge in [0.05, 0.1) is 271 Å². The van der Waals surface area contributed by atoms with Crippen LogP contribution in [0, 0.1) is 5.92 Å². The lowest BCUT2D eigenvalue weighted by molar-refractivity contribution is -0.133. The molecule has 45 heteroatoms. The summed E-state index contributed by atoms with van der Waals surface area (Å²) in [6.07, 6.45) is 0.697. The molecule has 0 atom stereocenters. The van der Waals surface area contributed by atoms with Gasteiger partial charge in [-0.1, -0.05) is 6.92 Å².